The van der Waals surface area contributed by atoms with E-state index in [1.807, 2.05) is 42.7 Å². The minimum absolute atomic E-state index is 0.247. The van der Waals surface area contributed by atoms with Gasteiger partial charge in [0, 0.05) is 25.5 Å². The highest BCUT2D eigenvalue weighted by Crippen LogP contribution is 2.22. The Morgan fingerprint density at radius 3 is 2.76 bits per heavy atom. The normalized spacial score (nSPS) is 14.7. The van der Waals surface area contributed by atoms with Gasteiger partial charge in [-0.25, -0.2) is 4.79 Å². The second-order valence-electron chi connectivity index (χ2n) is 5.07. The van der Waals surface area contributed by atoms with Gasteiger partial charge < -0.3 is 14.6 Å². The van der Waals surface area contributed by atoms with Gasteiger partial charge in [-0.1, -0.05) is 36.4 Å². The van der Waals surface area contributed by atoms with Crippen LogP contribution in [0.25, 0.3) is 5.57 Å². The first-order valence-corrected chi connectivity index (χ1v) is 7.11. The molecule has 3 rings (SSSR count). The highest BCUT2D eigenvalue weighted by molar-refractivity contribution is 5.72. The Bertz CT molecular complexity index is 618. The summed E-state index contributed by atoms with van der Waals surface area (Å²) in [6.07, 6.45) is 6.60. The maximum Gasteiger partial charge on any atom is 0.410 e. The number of carbonyl (C=O) groups is 1. The number of hydrogen-bond acceptors (Lipinski definition) is 2. The molecule has 0 saturated heterocycles. The van der Waals surface area contributed by atoms with Crippen LogP contribution in [0.5, 0.6) is 0 Å². The molecule has 108 valence electrons. The summed E-state index contributed by atoms with van der Waals surface area (Å²) < 4.78 is 5.35. The van der Waals surface area contributed by atoms with E-state index in [-0.39, 0.29) is 6.09 Å². The van der Waals surface area contributed by atoms with Crippen LogP contribution in [0.1, 0.15) is 17.5 Å². The smallest absolute Gasteiger partial charge is 0.410 e. The van der Waals surface area contributed by atoms with Crippen molar-refractivity contribution in [1.82, 2.24) is 9.88 Å². The molecule has 4 heteroatoms. The Kier molecular flexibility index (Phi) is 4.05. The summed E-state index contributed by atoms with van der Waals surface area (Å²) in [4.78, 5) is 16.8. The Morgan fingerprint density at radius 1 is 1.24 bits per heavy atom. The zero-order valence-corrected chi connectivity index (χ0v) is 11.8. The van der Waals surface area contributed by atoms with Gasteiger partial charge in [-0.15, -0.1) is 0 Å². The van der Waals surface area contributed by atoms with E-state index in [0.717, 1.165) is 12.0 Å². The molecule has 1 aliphatic heterocycles. The second kappa shape index (κ2) is 6.31. The van der Waals surface area contributed by atoms with Crippen LogP contribution in [-0.4, -0.2) is 29.1 Å². The number of amides is 1. The minimum atomic E-state index is -0.247. The average Bonchev–Trinajstić information content (AvgIpc) is 3.08. The van der Waals surface area contributed by atoms with Crippen molar-refractivity contribution in [3.8, 4) is 0 Å². The topological polar surface area (TPSA) is 45.3 Å². The van der Waals surface area contributed by atoms with Gasteiger partial charge in [0.2, 0.25) is 0 Å². The first kappa shape index (κ1) is 13.5. The Morgan fingerprint density at radius 2 is 2.10 bits per heavy atom. The summed E-state index contributed by atoms with van der Waals surface area (Å²) >= 11 is 0. The van der Waals surface area contributed by atoms with Crippen LogP contribution in [0, 0.1) is 0 Å². The van der Waals surface area contributed by atoms with E-state index in [2.05, 4.69) is 17.1 Å². The molecule has 0 spiro atoms. The van der Waals surface area contributed by atoms with Crippen LogP contribution < -0.4 is 0 Å². The van der Waals surface area contributed by atoms with Crippen molar-refractivity contribution < 1.29 is 9.53 Å². The fourth-order valence-electron chi connectivity index (χ4n) is 2.43. The zero-order valence-electron chi connectivity index (χ0n) is 11.8. The third-order valence-corrected chi connectivity index (χ3v) is 3.64. The summed E-state index contributed by atoms with van der Waals surface area (Å²) in [5, 5.41) is 0. The monoisotopic (exact) mass is 282 g/mol. The van der Waals surface area contributed by atoms with Gasteiger partial charge in [0.15, 0.2) is 0 Å². The van der Waals surface area contributed by atoms with Gasteiger partial charge in [0.25, 0.3) is 0 Å². The van der Waals surface area contributed by atoms with E-state index < -0.39 is 0 Å². The number of aromatic nitrogens is 1. The molecule has 0 saturated carbocycles. The SMILES string of the molecule is O=C(OCc1ccccc1)N1CC=C(c2cc[nH]c2)CC1. The standard InChI is InChI=1S/C17H18N2O2/c20-17(21-13-14-4-2-1-3-5-14)19-10-7-15(8-11-19)16-6-9-18-12-16/h1-7,9,12,18H,8,10-11,13H2. The van der Waals surface area contributed by atoms with Crippen LogP contribution in [-0.2, 0) is 11.3 Å². The number of nitrogens with one attached hydrogen (secondary N) is 1. The van der Waals surface area contributed by atoms with E-state index in [1.165, 1.54) is 11.1 Å². The lowest BCUT2D eigenvalue weighted by Crippen LogP contribution is -2.35. The van der Waals surface area contributed by atoms with Crippen molar-refractivity contribution in [2.24, 2.45) is 0 Å². The molecule has 1 aliphatic rings. The number of H-pyrrole nitrogens is 1. The lowest BCUT2D eigenvalue weighted by atomic mass is 10.0. The first-order valence-electron chi connectivity index (χ1n) is 7.11. The lowest BCUT2D eigenvalue weighted by molar-refractivity contribution is 0.0998. The molecule has 0 unspecified atom stereocenters. The second-order valence-corrected chi connectivity index (χ2v) is 5.07. The molecular weight excluding hydrogens is 264 g/mol. The van der Waals surface area contributed by atoms with Gasteiger partial charge in [-0.2, -0.15) is 0 Å². The van der Waals surface area contributed by atoms with E-state index in [0.29, 0.717) is 19.7 Å². The fraction of sp³-hybridized carbons (Fsp3) is 0.235. The van der Waals surface area contributed by atoms with Gasteiger partial charge in [-0.3, -0.25) is 0 Å². The van der Waals surface area contributed by atoms with Crippen molar-refractivity contribution in [2.45, 2.75) is 13.0 Å². The molecule has 1 aromatic carbocycles. The Hall–Kier alpha value is -2.49. The number of nitrogens with zero attached hydrogens (tertiary/aromatic N) is 1. The molecule has 0 aliphatic carbocycles. The largest absolute Gasteiger partial charge is 0.445 e. The number of benzene rings is 1. The summed E-state index contributed by atoms with van der Waals surface area (Å²) in [7, 11) is 0. The van der Waals surface area contributed by atoms with Crippen LogP contribution in [0.3, 0.4) is 0 Å². The molecule has 2 aromatic rings. The van der Waals surface area contributed by atoms with Crippen LogP contribution >= 0.6 is 0 Å². The van der Waals surface area contributed by atoms with Crippen molar-refractivity contribution in [3.05, 3.63) is 66.0 Å². The highest BCUT2D eigenvalue weighted by atomic mass is 16.6. The van der Waals surface area contributed by atoms with Crippen molar-refractivity contribution in [3.63, 3.8) is 0 Å². The van der Waals surface area contributed by atoms with Crippen molar-refractivity contribution in [2.75, 3.05) is 13.1 Å². The van der Waals surface area contributed by atoms with Crippen LogP contribution in [0.2, 0.25) is 0 Å². The Labute approximate surface area is 124 Å². The molecule has 0 fully saturated rings. The third kappa shape index (κ3) is 3.34. The summed E-state index contributed by atoms with van der Waals surface area (Å²) in [6.45, 7) is 1.63. The quantitative estimate of drug-likeness (QED) is 0.937. The minimum Gasteiger partial charge on any atom is -0.445 e. The summed E-state index contributed by atoms with van der Waals surface area (Å²) in [5.41, 5.74) is 3.49. The van der Waals surface area contributed by atoms with E-state index in [4.69, 9.17) is 4.74 Å². The van der Waals surface area contributed by atoms with Crippen LogP contribution in [0.4, 0.5) is 4.79 Å². The molecule has 4 nitrogen and oxygen atoms in total. The molecule has 0 bridgehead atoms. The third-order valence-electron chi connectivity index (χ3n) is 3.64. The zero-order chi connectivity index (χ0) is 14.5. The maximum absolute atomic E-state index is 12.0. The number of rotatable bonds is 3. The van der Waals surface area contributed by atoms with Gasteiger partial charge in [0.1, 0.15) is 6.61 Å². The summed E-state index contributed by atoms with van der Waals surface area (Å²) in [5.74, 6) is 0. The molecule has 1 aromatic heterocycles. The van der Waals surface area contributed by atoms with Gasteiger partial charge >= 0.3 is 6.09 Å². The highest BCUT2D eigenvalue weighted by Gasteiger charge is 2.19. The van der Waals surface area contributed by atoms with E-state index in [1.54, 1.807) is 4.90 Å². The number of aromatic amines is 1. The molecule has 2 heterocycles. The number of ether oxygens (including phenoxy) is 1. The molecule has 0 radical (unpaired) electrons. The van der Waals surface area contributed by atoms with Gasteiger partial charge in [-0.05, 0) is 29.2 Å². The lowest BCUT2D eigenvalue weighted by Gasteiger charge is -2.25. The van der Waals surface area contributed by atoms with E-state index in [9.17, 15) is 4.79 Å². The first-order chi connectivity index (χ1) is 10.3. The predicted octanol–water partition coefficient (Wildman–Crippen LogP) is 3.44. The average molecular weight is 282 g/mol. The molecule has 1 N–H and O–H groups in total. The summed E-state index contributed by atoms with van der Waals surface area (Å²) in [6, 6.07) is 11.8. The van der Waals surface area contributed by atoms with Gasteiger partial charge in [0.05, 0.1) is 0 Å². The molecule has 0 atom stereocenters. The Balaban J connectivity index is 1.53. The van der Waals surface area contributed by atoms with E-state index >= 15 is 0 Å². The fourth-order valence-corrected chi connectivity index (χ4v) is 2.43. The predicted molar refractivity (Wildman–Crippen MR) is 81.6 cm³/mol. The molecule has 21 heavy (non-hydrogen) atoms. The number of carbonyl (C=O) groups excluding carboxylic acids is 1. The number of hydrogen-bond donors (Lipinski definition) is 1. The van der Waals surface area contributed by atoms with Crippen molar-refractivity contribution in [1.29, 1.82) is 0 Å². The molecular formula is C17H18N2O2. The maximum atomic E-state index is 12.0. The van der Waals surface area contributed by atoms with Crippen LogP contribution in [0.15, 0.2) is 54.9 Å². The van der Waals surface area contributed by atoms with Crippen molar-refractivity contribution >= 4 is 11.7 Å². The molecule has 1 amide bonds.